The molecular formula is C24H32N4O2S. The monoisotopic (exact) mass is 440 g/mol. The second-order valence-corrected chi connectivity index (χ2v) is 9.56. The van der Waals surface area contributed by atoms with E-state index in [4.69, 9.17) is 0 Å². The zero-order valence-corrected chi connectivity index (χ0v) is 18.9. The molecule has 0 bridgehead atoms. The van der Waals surface area contributed by atoms with Crippen LogP contribution in [0.4, 0.5) is 5.13 Å². The summed E-state index contributed by atoms with van der Waals surface area (Å²) < 4.78 is 0. The molecule has 2 fully saturated rings. The summed E-state index contributed by atoms with van der Waals surface area (Å²) in [5.41, 5.74) is 1.29. The van der Waals surface area contributed by atoms with Crippen LogP contribution in [0.5, 0.6) is 0 Å². The second-order valence-electron chi connectivity index (χ2n) is 8.66. The number of carbonyl (C=O) groups is 2. The summed E-state index contributed by atoms with van der Waals surface area (Å²) in [7, 11) is 0. The maximum absolute atomic E-state index is 13.3. The molecule has 1 aromatic carbocycles. The molecule has 2 saturated heterocycles. The number of carbonyl (C=O) groups excluding carboxylic acids is 2. The maximum Gasteiger partial charge on any atom is 0.240 e. The second kappa shape index (κ2) is 10.9. The molecule has 2 amide bonds. The summed E-state index contributed by atoms with van der Waals surface area (Å²) >= 11 is 1.43. The van der Waals surface area contributed by atoms with E-state index in [-0.39, 0.29) is 11.8 Å². The third-order valence-corrected chi connectivity index (χ3v) is 7.27. The van der Waals surface area contributed by atoms with Gasteiger partial charge < -0.3 is 10.2 Å². The molecule has 7 heteroatoms. The zero-order valence-electron chi connectivity index (χ0n) is 18.0. The molecule has 0 spiro atoms. The van der Waals surface area contributed by atoms with Crippen LogP contribution in [0.25, 0.3) is 0 Å². The fourth-order valence-electron chi connectivity index (χ4n) is 4.86. The molecule has 166 valence electrons. The largest absolute Gasteiger partial charge is 0.342 e. The number of piperidine rings is 1. The number of nitrogens with zero attached hydrogens (tertiary/aromatic N) is 3. The molecule has 1 unspecified atom stereocenters. The highest BCUT2D eigenvalue weighted by Gasteiger charge is 2.35. The van der Waals surface area contributed by atoms with Gasteiger partial charge >= 0.3 is 0 Å². The Hall–Kier alpha value is -2.25. The van der Waals surface area contributed by atoms with E-state index in [0.29, 0.717) is 23.5 Å². The molecule has 4 rings (SSSR count). The normalized spacial score (nSPS) is 21.1. The van der Waals surface area contributed by atoms with Crippen molar-refractivity contribution >= 4 is 28.3 Å². The predicted molar refractivity (Wildman–Crippen MR) is 124 cm³/mol. The highest BCUT2D eigenvalue weighted by molar-refractivity contribution is 7.13. The minimum Gasteiger partial charge on any atom is -0.342 e. The van der Waals surface area contributed by atoms with Gasteiger partial charge in [0, 0.05) is 30.6 Å². The van der Waals surface area contributed by atoms with Gasteiger partial charge in [0.2, 0.25) is 11.8 Å². The molecule has 0 aliphatic carbocycles. The number of aromatic nitrogens is 1. The quantitative estimate of drug-likeness (QED) is 0.714. The SMILES string of the molecule is O=C(CN1CCC(C2CCCCN(CCc3ccccc3)C2=O)CC1)Nc1nccs1. The van der Waals surface area contributed by atoms with Crippen LogP contribution in [-0.2, 0) is 16.0 Å². The van der Waals surface area contributed by atoms with Crippen LogP contribution >= 0.6 is 11.3 Å². The molecule has 2 aliphatic heterocycles. The van der Waals surface area contributed by atoms with E-state index in [1.54, 1.807) is 6.20 Å². The van der Waals surface area contributed by atoms with Crippen molar-refractivity contribution in [3.05, 3.63) is 47.5 Å². The molecule has 2 aliphatic rings. The van der Waals surface area contributed by atoms with E-state index in [1.807, 2.05) is 11.4 Å². The number of amides is 2. The number of rotatable bonds is 7. The van der Waals surface area contributed by atoms with E-state index >= 15 is 0 Å². The van der Waals surface area contributed by atoms with Crippen molar-refractivity contribution in [3.63, 3.8) is 0 Å². The third-order valence-electron chi connectivity index (χ3n) is 6.58. The highest BCUT2D eigenvalue weighted by atomic mass is 32.1. The summed E-state index contributed by atoms with van der Waals surface area (Å²) in [5, 5.41) is 5.37. The lowest BCUT2D eigenvalue weighted by Crippen LogP contribution is -2.44. The number of nitrogens with one attached hydrogen (secondary N) is 1. The smallest absolute Gasteiger partial charge is 0.240 e. The topological polar surface area (TPSA) is 65.5 Å². The summed E-state index contributed by atoms with van der Waals surface area (Å²) in [5.74, 6) is 0.923. The molecule has 2 aromatic rings. The zero-order chi connectivity index (χ0) is 21.5. The minimum atomic E-state index is -0.00831. The van der Waals surface area contributed by atoms with Gasteiger partial charge in [-0.1, -0.05) is 36.8 Å². The average molecular weight is 441 g/mol. The van der Waals surface area contributed by atoms with Crippen LogP contribution in [-0.4, -0.2) is 59.3 Å². The number of benzene rings is 1. The third kappa shape index (κ3) is 6.14. The van der Waals surface area contributed by atoms with Crippen molar-refractivity contribution < 1.29 is 9.59 Å². The van der Waals surface area contributed by atoms with Crippen molar-refractivity contribution in [1.82, 2.24) is 14.8 Å². The van der Waals surface area contributed by atoms with Gasteiger partial charge in [0.15, 0.2) is 5.13 Å². The lowest BCUT2D eigenvalue weighted by atomic mass is 9.81. The molecule has 31 heavy (non-hydrogen) atoms. The van der Waals surface area contributed by atoms with E-state index in [0.717, 1.165) is 64.7 Å². The summed E-state index contributed by atoms with van der Waals surface area (Å²) in [6.45, 7) is 3.86. The Bertz CT molecular complexity index is 835. The maximum atomic E-state index is 13.3. The fraction of sp³-hybridized carbons (Fsp3) is 0.542. The molecule has 0 saturated carbocycles. The van der Waals surface area contributed by atoms with Crippen LogP contribution in [0.3, 0.4) is 0 Å². The summed E-state index contributed by atoms with van der Waals surface area (Å²) in [4.78, 5) is 34.0. The molecule has 0 radical (unpaired) electrons. The number of hydrogen-bond donors (Lipinski definition) is 1. The summed E-state index contributed by atoms with van der Waals surface area (Å²) in [6, 6.07) is 10.4. The Morgan fingerprint density at radius 3 is 2.65 bits per heavy atom. The Labute approximate surface area is 188 Å². The van der Waals surface area contributed by atoms with Crippen LogP contribution in [0, 0.1) is 11.8 Å². The van der Waals surface area contributed by atoms with Gasteiger partial charge in [-0.25, -0.2) is 4.98 Å². The molecular weight excluding hydrogens is 408 g/mol. The number of anilines is 1. The predicted octanol–water partition coefficient (Wildman–Crippen LogP) is 3.67. The van der Waals surface area contributed by atoms with Crippen LogP contribution < -0.4 is 5.32 Å². The van der Waals surface area contributed by atoms with Crippen LogP contribution in [0.1, 0.15) is 37.7 Å². The van der Waals surface area contributed by atoms with Gasteiger partial charge in [0.25, 0.3) is 0 Å². The van der Waals surface area contributed by atoms with Crippen LogP contribution in [0.2, 0.25) is 0 Å². The fourth-order valence-corrected chi connectivity index (χ4v) is 5.41. The first-order valence-corrected chi connectivity index (χ1v) is 12.3. The van der Waals surface area contributed by atoms with Gasteiger partial charge in [-0.3, -0.25) is 14.5 Å². The molecule has 1 aromatic heterocycles. The first-order chi connectivity index (χ1) is 15.2. The average Bonchev–Trinajstić information content (AvgIpc) is 3.22. The van der Waals surface area contributed by atoms with E-state index in [2.05, 4.69) is 44.4 Å². The van der Waals surface area contributed by atoms with Gasteiger partial charge in [-0.05, 0) is 56.7 Å². The van der Waals surface area contributed by atoms with Gasteiger partial charge in [0.05, 0.1) is 6.54 Å². The van der Waals surface area contributed by atoms with Crippen molar-refractivity contribution in [2.24, 2.45) is 11.8 Å². The Morgan fingerprint density at radius 1 is 1.10 bits per heavy atom. The Morgan fingerprint density at radius 2 is 1.90 bits per heavy atom. The lowest BCUT2D eigenvalue weighted by Gasteiger charge is -2.36. The van der Waals surface area contributed by atoms with E-state index in [1.165, 1.54) is 16.9 Å². The minimum absolute atomic E-state index is 0.00831. The van der Waals surface area contributed by atoms with E-state index < -0.39 is 0 Å². The Balaban J connectivity index is 1.26. The van der Waals surface area contributed by atoms with Crippen molar-refractivity contribution in [2.45, 2.75) is 38.5 Å². The van der Waals surface area contributed by atoms with Crippen molar-refractivity contribution in [2.75, 3.05) is 38.0 Å². The van der Waals surface area contributed by atoms with Gasteiger partial charge in [-0.2, -0.15) is 0 Å². The molecule has 1 atom stereocenters. The lowest BCUT2D eigenvalue weighted by molar-refractivity contribution is -0.137. The van der Waals surface area contributed by atoms with Gasteiger partial charge in [0.1, 0.15) is 0 Å². The van der Waals surface area contributed by atoms with E-state index in [9.17, 15) is 9.59 Å². The van der Waals surface area contributed by atoms with Gasteiger partial charge in [-0.15, -0.1) is 11.3 Å². The van der Waals surface area contributed by atoms with Crippen LogP contribution in [0.15, 0.2) is 41.9 Å². The molecule has 6 nitrogen and oxygen atoms in total. The number of likely N-dealkylation sites (tertiary alicyclic amines) is 2. The van der Waals surface area contributed by atoms with Crippen molar-refractivity contribution in [3.8, 4) is 0 Å². The highest BCUT2D eigenvalue weighted by Crippen LogP contribution is 2.32. The summed E-state index contributed by atoms with van der Waals surface area (Å²) in [6.07, 6.45) is 7.85. The number of hydrogen-bond acceptors (Lipinski definition) is 5. The van der Waals surface area contributed by atoms with Crippen molar-refractivity contribution in [1.29, 1.82) is 0 Å². The molecule has 3 heterocycles. The first-order valence-electron chi connectivity index (χ1n) is 11.4. The standard InChI is InChI=1S/C24H32N4O2S/c29-22(26-24-25-12-17-31-24)18-27-14-10-20(11-15-27)21-8-4-5-13-28(23(21)30)16-9-19-6-2-1-3-7-19/h1-3,6-7,12,17,20-21H,4-5,8-11,13-16,18H2,(H,25,26,29). The number of thiazole rings is 1. The molecule has 1 N–H and O–H groups in total. The Kier molecular flexibility index (Phi) is 7.70. The first kappa shape index (κ1) is 22.0.